The number of carbonyl (C=O) groups is 1. The minimum atomic E-state index is -0.419. The van der Waals surface area contributed by atoms with Crippen molar-refractivity contribution >= 4 is 17.3 Å². The Morgan fingerprint density at radius 3 is 2.51 bits per heavy atom. The first-order valence-corrected chi connectivity index (χ1v) is 16.0. The number of fused-ring (bicyclic) bond motifs is 5. The molecule has 0 aliphatic heterocycles. The van der Waals surface area contributed by atoms with Crippen LogP contribution < -0.4 is 11.5 Å². The Morgan fingerprint density at radius 1 is 1.03 bits per heavy atom. The van der Waals surface area contributed by atoms with E-state index in [0.717, 1.165) is 36.5 Å². The number of anilines is 2. The van der Waals surface area contributed by atoms with Crippen LogP contribution in [0.4, 0.5) is 11.4 Å². The van der Waals surface area contributed by atoms with Crippen LogP contribution in [0.5, 0.6) is 0 Å². The van der Waals surface area contributed by atoms with Gasteiger partial charge in [-0.3, -0.25) is 0 Å². The monoisotopic (exact) mass is 538 g/mol. The predicted molar refractivity (Wildman–Crippen MR) is 159 cm³/mol. The van der Waals surface area contributed by atoms with Gasteiger partial charge in [0.1, 0.15) is 6.10 Å². The molecule has 39 heavy (non-hydrogen) atoms. The van der Waals surface area contributed by atoms with Gasteiger partial charge in [0.05, 0.1) is 11.7 Å². The molecule has 1 aromatic rings. The lowest BCUT2D eigenvalue weighted by Crippen LogP contribution is -2.60. The summed E-state index contributed by atoms with van der Waals surface area (Å²) >= 11 is 0. The fraction of sp³-hybridized carbons (Fsp3) is 0.794. The first kappa shape index (κ1) is 28.8. The Hall–Kier alpha value is -1.75. The van der Waals surface area contributed by atoms with Crippen molar-refractivity contribution < 1.29 is 14.6 Å². The number of nitrogens with two attached hydrogens (primary N) is 2. The van der Waals surface area contributed by atoms with Crippen LogP contribution in [0.2, 0.25) is 0 Å². The molecule has 0 radical (unpaired) electrons. The van der Waals surface area contributed by atoms with Crippen molar-refractivity contribution in [1.82, 2.24) is 0 Å². The third kappa shape index (κ3) is 5.11. The number of nitrogen functional groups attached to an aromatic ring is 2. The lowest BCUT2D eigenvalue weighted by Gasteiger charge is -2.62. The second kappa shape index (κ2) is 10.9. The molecule has 5 rings (SSSR count). The highest BCUT2D eigenvalue weighted by molar-refractivity contribution is 5.95. The van der Waals surface area contributed by atoms with E-state index in [1.165, 1.54) is 51.4 Å². The molecule has 0 amide bonds. The van der Waals surface area contributed by atoms with E-state index in [2.05, 4.69) is 34.6 Å². The van der Waals surface area contributed by atoms with E-state index >= 15 is 0 Å². The van der Waals surface area contributed by atoms with Gasteiger partial charge in [0.25, 0.3) is 0 Å². The molecule has 218 valence electrons. The van der Waals surface area contributed by atoms with Crippen LogP contribution in [0.3, 0.4) is 0 Å². The van der Waals surface area contributed by atoms with Gasteiger partial charge in [-0.15, -0.1) is 0 Å². The van der Waals surface area contributed by atoms with Gasteiger partial charge in [-0.05, 0) is 110 Å². The zero-order chi connectivity index (χ0) is 28.1. The number of ether oxygens (including phenoxy) is 1. The molecule has 5 heteroatoms. The smallest absolute Gasteiger partial charge is 0.340 e. The number of aliphatic hydroxyl groups excluding tert-OH is 1. The van der Waals surface area contributed by atoms with Crippen LogP contribution in [0.25, 0.3) is 0 Å². The Morgan fingerprint density at radius 2 is 1.79 bits per heavy atom. The van der Waals surface area contributed by atoms with Crippen LogP contribution >= 0.6 is 0 Å². The topological polar surface area (TPSA) is 98.6 Å². The summed E-state index contributed by atoms with van der Waals surface area (Å²) in [7, 11) is 0. The molecule has 0 saturated heterocycles. The van der Waals surface area contributed by atoms with Gasteiger partial charge in [0.2, 0.25) is 0 Å². The summed E-state index contributed by atoms with van der Waals surface area (Å²) in [6.07, 6.45) is 12.3. The van der Waals surface area contributed by atoms with Crippen molar-refractivity contribution in [2.24, 2.45) is 52.3 Å². The van der Waals surface area contributed by atoms with Gasteiger partial charge in [-0.25, -0.2) is 4.79 Å². The number of carbonyl (C=O) groups excluding carboxylic acids is 1. The molecule has 10 atom stereocenters. The molecular formula is C34H54N2O3. The van der Waals surface area contributed by atoms with Crippen molar-refractivity contribution in [2.75, 3.05) is 11.5 Å². The number of benzene rings is 1. The summed E-state index contributed by atoms with van der Waals surface area (Å²) in [5.74, 6) is 4.42. The van der Waals surface area contributed by atoms with Crippen molar-refractivity contribution in [1.29, 1.82) is 0 Å². The molecular weight excluding hydrogens is 484 g/mol. The highest BCUT2D eigenvalue weighted by atomic mass is 16.5. The van der Waals surface area contributed by atoms with Gasteiger partial charge in [-0.1, -0.05) is 53.9 Å². The summed E-state index contributed by atoms with van der Waals surface area (Å²) in [6, 6.07) is 4.99. The van der Waals surface area contributed by atoms with Gasteiger partial charge >= 0.3 is 5.97 Å². The molecule has 1 unspecified atom stereocenters. The number of esters is 1. The normalized spacial score (nSPS) is 40.4. The van der Waals surface area contributed by atoms with Crippen LogP contribution in [0, 0.1) is 52.3 Å². The van der Waals surface area contributed by atoms with E-state index in [-0.39, 0.29) is 17.5 Å². The molecule has 4 aliphatic rings. The maximum absolute atomic E-state index is 13.4. The lowest BCUT2D eigenvalue weighted by atomic mass is 9.43. The van der Waals surface area contributed by atoms with Crippen LogP contribution in [0.15, 0.2) is 18.2 Å². The summed E-state index contributed by atoms with van der Waals surface area (Å²) in [5, 5.41) is 10.9. The maximum atomic E-state index is 13.4. The van der Waals surface area contributed by atoms with Gasteiger partial charge in [0, 0.05) is 23.2 Å². The van der Waals surface area contributed by atoms with Crippen LogP contribution in [-0.2, 0) is 4.74 Å². The largest absolute Gasteiger partial charge is 0.458 e. The van der Waals surface area contributed by atoms with Gasteiger partial charge in [-0.2, -0.15) is 0 Å². The first-order valence-electron chi connectivity index (χ1n) is 16.0. The van der Waals surface area contributed by atoms with E-state index in [1.54, 1.807) is 18.2 Å². The average Bonchev–Trinajstić information content (AvgIpc) is 3.22. The summed E-state index contributed by atoms with van der Waals surface area (Å²) < 4.78 is 6.33. The van der Waals surface area contributed by atoms with Crippen molar-refractivity contribution in [3.63, 3.8) is 0 Å². The van der Waals surface area contributed by atoms with Crippen molar-refractivity contribution in [2.45, 2.75) is 117 Å². The van der Waals surface area contributed by atoms with Crippen molar-refractivity contribution in [3.05, 3.63) is 23.8 Å². The van der Waals surface area contributed by atoms with Crippen LogP contribution in [-0.4, -0.2) is 23.3 Å². The minimum Gasteiger partial charge on any atom is -0.458 e. The SMILES string of the molecule is CC(C)CCC[C@@H](C)[C@H]1CC[C@H]2[C@H]3CC[C@@H]4C[C@H](O)CC(OC(=O)c5ccc(N)cc5N)[C@]4(C)[C@H]3CC[C@]12C. The average molecular weight is 539 g/mol. The number of rotatable bonds is 7. The Kier molecular flexibility index (Phi) is 8.05. The summed E-state index contributed by atoms with van der Waals surface area (Å²) in [5.41, 5.74) is 13.6. The number of hydrogen-bond donors (Lipinski definition) is 3. The molecule has 1 aromatic carbocycles. The number of hydrogen-bond acceptors (Lipinski definition) is 5. The molecule has 0 bridgehead atoms. The molecule has 0 heterocycles. The highest BCUT2D eigenvalue weighted by Crippen LogP contribution is 2.68. The zero-order valence-electron chi connectivity index (χ0n) is 25.1. The summed E-state index contributed by atoms with van der Waals surface area (Å²) in [4.78, 5) is 13.4. The third-order valence-electron chi connectivity index (χ3n) is 12.4. The van der Waals surface area contributed by atoms with E-state index in [0.29, 0.717) is 46.5 Å². The van der Waals surface area contributed by atoms with Gasteiger partial charge < -0.3 is 21.3 Å². The Balaban J connectivity index is 1.36. The highest BCUT2D eigenvalue weighted by Gasteiger charge is 2.63. The maximum Gasteiger partial charge on any atom is 0.340 e. The van der Waals surface area contributed by atoms with E-state index in [9.17, 15) is 9.90 Å². The molecule has 0 aromatic heterocycles. The second-order valence-corrected chi connectivity index (χ2v) is 14.9. The van der Waals surface area contributed by atoms with E-state index in [4.69, 9.17) is 16.2 Å². The molecule has 5 N–H and O–H groups in total. The fourth-order valence-electron chi connectivity index (χ4n) is 10.4. The standard InChI is InChI=1S/C34H54N2O3/c1-20(2)7-6-8-21(3)27-13-14-28-25-11-9-22-17-24(37)19-31(34(22,5)29(25)15-16-33(27,28)4)39-32(38)26-12-10-23(35)18-30(26)36/h10,12,18,20-22,24-25,27-29,31,37H,6-9,11,13-17,19,35-36H2,1-5H3/t21-,22-,24+,25-,27-,28+,29+,31?,33-,34+/m1/s1. The minimum absolute atomic E-state index is 0.108. The third-order valence-corrected chi connectivity index (χ3v) is 12.4. The second-order valence-electron chi connectivity index (χ2n) is 14.9. The summed E-state index contributed by atoms with van der Waals surface area (Å²) in [6.45, 7) is 12.2. The predicted octanol–water partition coefficient (Wildman–Crippen LogP) is 7.47. The van der Waals surface area contributed by atoms with E-state index in [1.807, 2.05) is 0 Å². The fourth-order valence-corrected chi connectivity index (χ4v) is 10.4. The van der Waals surface area contributed by atoms with Gasteiger partial charge in [0.15, 0.2) is 0 Å². The first-order chi connectivity index (χ1) is 18.4. The van der Waals surface area contributed by atoms with Crippen molar-refractivity contribution in [3.8, 4) is 0 Å². The molecule has 5 nitrogen and oxygen atoms in total. The van der Waals surface area contributed by atoms with Crippen LogP contribution in [0.1, 0.15) is 116 Å². The Labute approximate surface area is 236 Å². The van der Waals surface area contributed by atoms with E-state index < -0.39 is 6.10 Å². The molecule has 0 spiro atoms. The number of aliphatic hydroxyl groups is 1. The molecule has 4 aliphatic carbocycles. The zero-order valence-corrected chi connectivity index (χ0v) is 25.1. The Bertz CT molecular complexity index is 1040. The molecule has 4 fully saturated rings. The lowest BCUT2D eigenvalue weighted by molar-refractivity contribution is -0.183. The quantitative estimate of drug-likeness (QED) is 0.247. The molecule has 4 saturated carbocycles.